The van der Waals surface area contributed by atoms with Crippen LogP contribution in [-0.4, -0.2) is 4.57 Å². The average molecular weight is 284 g/mol. The van der Waals surface area contributed by atoms with Crippen LogP contribution < -0.4 is 11.3 Å². The van der Waals surface area contributed by atoms with E-state index in [0.717, 1.165) is 37.1 Å². The Morgan fingerprint density at radius 2 is 1.76 bits per heavy atom. The van der Waals surface area contributed by atoms with E-state index in [2.05, 4.69) is 38.1 Å². The van der Waals surface area contributed by atoms with E-state index in [4.69, 9.17) is 5.73 Å². The zero-order chi connectivity index (χ0) is 15.2. The van der Waals surface area contributed by atoms with Crippen molar-refractivity contribution in [2.75, 3.05) is 0 Å². The van der Waals surface area contributed by atoms with Crippen molar-refractivity contribution < 1.29 is 0 Å². The van der Waals surface area contributed by atoms with Crippen LogP contribution in [-0.2, 0) is 19.5 Å². The highest BCUT2D eigenvalue weighted by atomic mass is 16.1. The molecule has 0 saturated heterocycles. The summed E-state index contributed by atoms with van der Waals surface area (Å²) in [5.74, 6) is 0. The first kappa shape index (κ1) is 15.5. The number of hydrogen-bond acceptors (Lipinski definition) is 2. The molecule has 2 N–H and O–H groups in total. The third-order valence-corrected chi connectivity index (χ3v) is 3.87. The molecule has 2 aromatic rings. The molecule has 1 aromatic carbocycles. The minimum atomic E-state index is 0.0445. The number of rotatable bonds is 6. The Bertz CT molecular complexity index is 641. The monoisotopic (exact) mass is 284 g/mol. The van der Waals surface area contributed by atoms with E-state index in [1.54, 1.807) is 0 Å². The number of aromatic nitrogens is 1. The summed E-state index contributed by atoms with van der Waals surface area (Å²) >= 11 is 0. The first-order valence-corrected chi connectivity index (χ1v) is 7.73. The van der Waals surface area contributed by atoms with E-state index in [0.29, 0.717) is 12.1 Å². The van der Waals surface area contributed by atoms with E-state index in [-0.39, 0.29) is 5.56 Å². The Morgan fingerprint density at radius 3 is 2.33 bits per heavy atom. The summed E-state index contributed by atoms with van der Waals surface area (Å²) in [6.07, 6.45) is 3.08. The van der Waals surface area contributed by atoms with Crippen LogP contribution in [0.4, 0.5) is 0 Å². The lowest BCUT2D eigenvalue weighted by atomic mass is 10.1. The van der Waals surface area contributed by atoms with Crippen molar-refractivity contribution in [1.82, 2.24) is 4.57 Å². The Kier molecular flexibility index (Phi) is 5.34. The zero-order valence-corrected chi connectivity index (χ0v) is 12.9. The second kappa shape index (κ2) is 7.23. The predicted octanol–water partition coefficient (Wildman–Crippen LogP) is 3.34. The summed E-state index contributed by atoms with van der Waals surface area (Å²) in [5, 5.41) is 0. The second-order valence-electron chi connectivity index (χ2n) is 5.31. The fourth-order valence-electron chi connectivity index (χ4n) is 2.48. The fourth-order valence-corrected chi connectivity index (χ4v) is 2.48. The van der Waals surface area contributed by atoms with Gasteiger partial charge in [-0.1, -0.05) is 50.6 Å². The lowest BCUT2D eigenvalue weighted by Gasteiger charge is -2.14. The van der Waals surface area contributed by atoms with Gasteiger partial charge >= 0.3 is 0 Å². The van der Waals surface area contributed by atoms with E-state index in [1.807, 2.05) is 16.7 Å². The van der Waals surface area contributed by atoms with Crippen LogP contribution in [0.2, 0.25) is 0 Å². The van der Waals surface area contributed by atoms with E-state index >= 15 is 0 Å². The van der Waals surface area contributed by atoms with Gasteiger partial charge in [-0.15, -0.1) is 0 Å². The maximum Gasteiger partial charge on any atom is 0.255 e. The molecule has 3 heteroatoms. The van der Waals surface area contributed by atoms with Crippen molar-refractivity contribution >= 4 is 0 Å². The van der Waals surface area contributed by atoms with Crippen LogP contribution in [0.1, 0.15) is 37.8 Å². The molecule has 0 aliphatic rings. The molecule has 0 aliphatic heterocycles. The van der Waals surface area contributed by atoms with Crippen molar-refractivity contribution in [2.24, 2.45) is 5.73 Å². The molecule has 1 aromatic heterocycles. The molecule has 3 nitrogen and oxygen atoms in total. The van der Waals surface area contributed by atoms with Crippen LogP contribution in [0.5, 0.6) is 0 Å². The van der Waals surface area contributed by atoms with Gasteiger partial charge in [0.15, 0.2) is 0 Å². The molecule has 0 bridgehead atoms. The van der Waals surface area contributed by atoms with Gasteiger partial charge in [-0.3, -0.25) is 4.79 Å². The van der Waals surface area contributed by atoms with Gasteiger partial charge in [0.05, 0.1) is 5.69 Å². The molecule has 1 heterocycles. The summed E-state index contributed by atoms with van der Waals surface area (Å²) in [7, 11) is 0. The molecular weight excluding hydrogens is 260 g/mol. The molecule has 2 rings (SSSR count). The number of hydrogen-bond donors (Lipinski definition) is 1. The second-order valence-corrected chi connectivity index (χ2v) is 5.31. The molecular formula is C18H24N2O. The highest BCUT2D eigenvalue weighted by molar-refractivity contribution is 5.60. The Hall–Kier alpha value is -1.87. The van der Waals surface area contributed by atoms with Gasteiger partial charge in [0.25, 0.3) is 5.56 Å². The first-order valence-electron chi connectivity index (χ1n) is 7.73. The third-order valence-electron chi connectivity index (χ3n) is 3.87. The van der Waals surface area contributed by atoms with E-state index in [9.17, 15) is 4.79 Å². The maximum absolute atomic E-state index is 12.5. The molecule has 0 amide bonds. The lowest BCUT2D eigenvalue weighted by Crippen LogP contribution is -2.26. The number of pyridine rings is 1. The molecule has 0 spiro atoms. The third kappa shape index (κ3) is 3.42. The summed E-state index contributed by atoms with van der Waals surface area (Å²) in [6, 6.07) is 12.3. The lowest BCUT2D eigenvalue weighted by molar-refractivity contribution is 0.613. The van der Waals surface area contributed by atoms with Gasteiger partial charge in [0.2, 0.25) is 0 Å². The van der Waals surface area contributed by atoms with Crippen molar-refractivity contribution in [1.29, 1.82) is 0 Å². The van der Waals surface area contributed by atoms with Crippen LogP contribution in [0.25, 0.3) is 11.3 Å². The molecule has 0 saturated carbocycles. The van der Waals surface area contributed by atoms with Gasteiger partial charge in [0.1, 0.15) is 0 Å². The minimum Gasteiger partial charge on any atom is -0.326 e. The number of nitrogens with two attached hydrogens (primary N) is 1. The van der Waals surface area contributed by atoms with Gasteiger partial charge in [-0.05, 0) is 30.0 Å². The van der Waals surface area contributed by atoms with Crippen molar-refractivity contribution in [3.8, 4) is 11.3 Å². The Labute approximate surface area is 126 Å². The van der Waals surface area contributed by atoms with Crippen molar-refractivity contribution in [3.63, 3.8) is 0 Å². The summed E-state index contributed by atoms with van der Waals surface area (Å²) in [5.41, 5.74) is 9.76. The Balaban J connectivity index is 2.50. The molecule has 0 aliphatic carbocycles. The summed E-state index contributed by atoms with van der Waals surface area (Å²) < 4.78 is 1.87. The first-order chi connectivity index (χ1) is 10.2. The minimum absolute atomic E-state index is 0.0445. The summed E-state index contributed by atoms with van der Waals surface area (Å²) in [4.78, 5) is 12.5. The standard InChI is InChI=1S/C18H24N2O/c1-3-5-12-20-17(11-10-16(13-19)18(20)21)15-8-6-14(4-2)7-9-15/h6-11H,3-5,12-13,19H2,1-2H3. The largest absolute Gasteiger partial charge is 0.326 e. The van der Waals surface area contributed by atoms with Gasteiger partial charge in [-0.2, -0.15) is 0 Å². The van der Waals surface area contributed by atoms with Crippen molar-refractivity contribution in [2.45, 2.75) is 46.2 Å². The number of benzene rings is 1. The molecule has 112 valence electrons. The van der Waals surface area contributed by atoms with Gasteiger partial charge in [-0.25, -0.2) is 0 Å². The van der Waals surface area contributed by atoms with Gasteiger partial charge < -0.3 is 10.3 Å². The SMILES string of the molecule is CCCCn1c(-c2ccc(CC)cc2)ccc(CN)c1=O. The normalized spacial score (nSPS) is 10.8. The smallest absolute Gasteiger partial charge is 0.255 e. The van der Waals surface area contributed by atoms with E-state index in [1.165, 1.54) is 5.56 Å². The highest BCUT2D eigenvalue weighted by Crippen LogP contribution is 2.20. The number of nitrogens with zero attached hydrogens (tertiary/aromatic N) is 1. The Morgan fingerprint density at radius 1 is 1.05 bits per heavy atom. The predicted molar refractivity (Wildman–Crippen MR) is 88.3 cm³/mol. The summed E-state index contributed by atoms with van der Waals surface area (Å²) in [6.45, 7) is 5.31. The van der Waals surface area contributed by atoms with Crippen LogP contribution >= 0.6 is 0 Å². The fraction of sp³-hybridized carbons (Fsp3) is 0.389. The maximum atomic E-state index is 12.5. The molecule has 0 atom stereocenters. The molecule has 0 unspecified atom stereocenters. The van der Waals surface area contributed by atoms with Gasteiger partial charge in [0, 0.05) is 18.7 Å². The van der Waals surface area contributed by atoms with Crippen molar-refractivity contribution in [3.05, 3.63) is 57.9 Å². The highest BCUT2D eigenvalue weighted by Gasteiger charge is 2.09. The quantitative estimate of drug-likeness (QED) is 0.884. The van der Waals surface area contributed by atoms with Crippen LogP contribution in [0, 0.1) is 0 Å². The van der Waals surface area contributed by atoms with E-state index < -0.39 is 0 Å². The topological polar surface area (TPSA) is 48.0 Å². The molecule has 21 heavy (non-hydrogen) atoms. The average Bonchev–Trinajstić information content (AvgIpc) is 2.53. The molecule has 0 fully saturated rings. The number of aryl methyl sites for hydroxylation is 1. The molecule has 0 radical (unpaired) electrons. The van der Waals surface area contributed by atoms with Crippen LogP contribution in [0.3, 0.4) is 0 Å². The number of unbranched alkanes of at least 4 members (excludes halogenated alkanes) is 1. The zero-order valence-electron chi connectivity index (χ0n) is 12.9. The van der Waals surface area contributed by atoms with Crippen LogP contribution in [0.15, 0.2) is 41.2 Å².